The number of carbonyl (C=O) groups is 3. The van der Waals surface area contributed by atoms with Crippen LogP contribution in [0.1, 0.15) is 29.4 Å². The molecule has 0 spiro atoms. The number of benzene rings is 1. The number of thiophene rings is 1. The maximum Gasteiger partial charge on any atom is 0.411 e. The van der Waals surface area contributed by atoms with E-state index in [1.807, 2.05) is 0 Å². The lowest BCUT2D eigenvalue weighted by Crippen LogP contribution is -2.14. The molecule has 2 rings (SSSR count). The monoisotopic (exact) mass is 380 g/mol. The van der Waals surface area contributed by atoms with E-state index in [4.69, 9.17) is 16.3 Å². The average Bonchev–Trinajstić information content (AvgIpc) is 3.01. The first-order valence-corrected chi connectivity index (χ1v) is 8.79. The van der Waals surface area contributed by atoms with Crippen molar-refractivity contribution in [3.05, 3.63) is 45.6 Å². The molecule has 2 aromatic rings. The van der Waals surface area contributed by atoms with Gasteiger partial charge in [0.2, 0.25) is 5.91 Å². The second-order valence-electron chi connectivity index (χ2n) is 5.00. The molecule has 2 N–H and O–H groups in total. The minimum absolute atomic E-state index is 0.0805. The minimum atomic E-state index is -0.536. The van der Waals surface area contributed by atoms with Crippen molar-refractivity contribution in [3.8, 4) is 0 Å². The topological polar surface area (TPSA) is 84.5 Å². The van der Waals surface area contributed by atoms with Crippen LogP contribution in [0.25, 0.3) is 0 Å². The van der Waals surface area contributed by atoms with Gasteiger partial charge < -0.3 is 10.1 Å². The summed E-state index contributed by atoms with van der Waals surface area (Å²) in [5.41, 5.74) is 1.13. The highest BCUT2D eigenvalue weighted by Gasteiger charge is 2.12. The molecule has 1 heterocycles. The van der Waals surface area contributed by atoms with Crippen molar-refractivity contribution in [1.29, 1.82) is 0 Å². The quantitative estimate of drug-likeness (QED) is 0.689. The van der Waals surface area contributed by atoms with Crippen LogP contribution >= 0.6 is 22.9 Å². The molecule has 1 aromatic carbocycles. The first-order chi connectivity index (χ1) is 12.0. The lowest BCUT2D eigenvalue weighted by atomic mass is 10.2. The Balaban J connectivity index is 1.80. The van der Waals surface area contributed by atoms with Gasteiger partial charge in [-0.15, -0.1) is 11.3 Å². The molecule has 0 aliphatic carbocycles. The molecule has 0 saturated heterocycles. The molecule has 0 radical (unpaired) electrons. The Morgan fingerprint density at radius 2 is 1.64 bits per heavy atom. The average molecular weight is 381 g/mol. The summed E-state index contributed by atoms with van der Waals surface area (Å²) >= 11 is 6.99. The second kappa shape index (κ2) is 9.19. The Morgan fingerprint density at radius 1 is 1.00 bits per heavy atom. The zero-order chi connectivity index (χ0) is 18.2. The van der Waals surface area contributed by atoms with Gasteiger partial charge in [0.25, 0.3) is 0 Å². The molecule has 6 nitrogen and oxygen atoms in total. The number of ketones is 1. The van der Waals surface area contributed by atoms with Crippen LogP contribution in [0.15, 0.2) is 36.4 Å². The highest BCUT2D eigenvalue weighted by Crippen LogP contribution is 2.23. The maximum absolute atomic E-state index is 11.9. The van der Waals surface area contributed by atoms with Crippen molar-refractivity contribution < 1.29 is 19.1 Å². The van der Waals surface area contributed by atoms with E-state index in [9.17, 15) is 14.4 Å². The summed E-state index contributed by atoms with van der Waals surface area (Å²) in [6.45, 7) is 2.01. The first kappa shape index (κ1) is 19.0. The number of carbonyl (C=O) groups excluding carboxylic acids is 3. The predicted molar refractivity (Wildman–Crippen MR) is 98.6 cm³/mol. The van der Waals surface area contributed by atoms with Gasteiger partial charge in [0.1, 0.15) is 0 Å². The van der Waals surface area contributed by atoms with Crippen LogP contribution in [0.2, 0.25) is 4.34 Å². The molecule has 132 valence electrons. The Morgan fingerprint density at radius 3 is 2.20 bits per heavy atom. The summed E-state index contributed by atoms with van der Waals surface area (Å²) in [6, 6.07) is 9.91. The number of halogens is 1. The summed E-state index contributed by atoms with van der Waals surface area (Å²) in [7, 11) is 0. The van der Waals surface area contributed by atoms with Gasteiger partial charge in [-0.2, -0.15) is 0 Å². The molecule has 0 saturated carbocycles. The van der Waals surface area contributed by atoms with Crippen molar-refractivity contribution in [1.82, 2.24) is 0 Å². The molecular formula is C17H17ClN2O4S. The number of rotatable bonds is 7. The number of hydrogen-bond donors (Lipinski definition) is 2. The summed E-state index contributed by atoms with van der Waals surface area (Å²) in [6.07, 6.45) is -0.339. The number of anilines is 2. The molecule has 0 unspecified atom stereocenters. The van der Waals surface area contributed by atoms with Gasteiger partial charge in [0.15, 0.2) is 5.78 Å². The molecule has 1 aromatic heterocycles. The highest BCUT2D eigenvalue weighted by molar-refractivity contribution is 7.18. The minimum Gasteiger partial charge on any atom is -0.450 e. The number of ether oxygens (including phenoxy) is 1. The van der Waals surface area contributed by atoms with E-state index in [1.165, 1.54) is 11.3 Å². The van der Waals surface area contributed by atoms with E-state index < -0.39 is 6.09 Å². The van der Waals surface area contributed by atoms with Crippen LogP contribution in [-0.4, -0.2) is 24.4 Å². The Labute approximate surface area is 154 Å². The van der Waals surface area contributed by atoms with E-state index in [2.05, 4.69) is 10.6 Å². The molecule has 8 heteroatoms. The van der Waals surface area contributed by atoms with E-state index in [0.717, 1.165) is 0 Å². The van der Waals surface area contributed by atoms with Crippen LogP contribution < -0.4 is 10.6 Å². The lowest BCUT2D eigenvalue weighted by Gasteiger charge is -2.07. The summed E-state index contributed by atoms with van der Waals surface area (Å²) in [5.74, 6) is -0.372. The van der Waals surface area contributed by atoms with Crippen molar-refractivity contribution in [2.24, 2.45) is 0 Å². The highest BCUT2D eigenvalue weighted by atomic mass is 35.5. The van der Waals surface area contributed by atoms with Gasteiger partial charge in [-0.05, 0) is 43.3 Å². The molecule has 2 amide bonds. The van der Waals surface area contributed by atoms with Crippen LogP contribution in [-0.2, 0) is 9.53 Å². The van der Waals surface area contributed by atoms with E-state index in [0.29, 0.717) is 20.6 Å². The standard InChI is InChI=1S/C17H17ClN2O4S/c1-2-24-17(23)20-12-5-3-11(4-6-12)19-16(22)10-7-13(21)14-8-9-15(18)25-14/h3-6,8-9H,2,7,10H2,1H3,(H,19,22)(H,20,23). The zero-order valence-electron chi connectivity index (χ0n) is 13.5. The van der Waals surface area contributed by atoms with Crippen LogP contribution in [0.3, 0.4) is 0 Å². The summed E-state index contributed by atoms with van der Waals surface area (Å²) in [4.78, 5) is 35.7. The predicted octanol–water partition coefficient (Wildman–Crippen LogP) is 4.57. The number of amides is 2. The molecule has 0 bridgehead atoms. The van der Waals surface area contributed by atoms with E-state index in [1.54, 1.807) is 43.3 Å². The fourth-order valence-electron chi connectivity index (χ4n) is 1.96. The number of nitrogens with one attached hydrogen (secondary N) is 2. The fourth-order valence-corrected chi connectivity index (χ4v) is 2.97. The van der Waals surface area contributed by atoms with Crippen LogP contribution in [0.4, 0.5) is 16.2 Å². The maximum atomic E-state index is 11.9. The Hall–Kier alpha value is -2.38. The number of hydrogen-bond acceptors (Lipinski definition) is 5. The SMILES string of the molecule is CCOC(=O)Nc1ccc(NC(=O)CCC(=O)c2ccc(Cl)s2)cc1. The zero-order valence-corrected chi connectivity index (χ0v) is 15.1. The van der Waals surface area contributed by atoms with Crippen LogP contribution in [0, 0.1) is 0 Å². The van der Waals surface area contributed by atoms with Crippen molar-refractivity contribution >= 4 is 52.1 Å². The van der Waals surface area contributed by atoms with Crippen LogP contribution in [0.5, 0.6) is 0 Å². The molecule has 0 fully saturated rings. The first-order valence-electron chi connectivity index (χ1n) is 7.60. The van der Waals surface area contributed by atoms with E-state index >= 15 is 0 Å². The second-order valence-corrected chi connectivity index (χ2v) is 6.71. The van der Waals surface area contributed by atoms with Crippen molar-refractivity contribution in [2.45, 2.75) is 19.8 Å². The molecule has 0 aliphatic heterocycles. The third kappa shape index (κ3) is 6.21. The van der Waals surface area contributed by atoms with Gasteiger partial charge >= 0.3 is 6.09 Å². The van der Waals surface area contributed by atoms with Gasteiger partial charge in [0.05, 0.1) is 15.8 Å². The Kier molecular flexibility index (Phi) is 6.97. The molecule has 0 aliphatic rings. The number of Topliss-reactive ketones (excluding diaryl/α,β-unsaturated/α-hetero) is 1. The molecule has 0 atom stereocenters. The van der Waals surface area contributed by atoms with E-state index in [-0.39, 0.29) is 31.1 Å². The molecule has 25 heavy (non-hydrogen) atoms. The van der Waals surface area contributed by atoms with Gasteiger partial charge in [-0.1, -0.05) is 11.6 Å². The van der Waals surface area contributed by atoms with Crippen molar-refractivity contribution in [2.75, 3.05) is 17.2 Å². The van der Waals surface area contributed by atoms with Gasteiger partial charge in [-0.3, -0.25) is 14.9 Å². The normalized spacial score (nSPS) is 10.2. The molecular weight excluding hydrogens is 364 g/mol. The van der Waals surface area contributed by atoms with Crippen molar-refractivity contribution in [3.63, 3.8) is 0 Å². The van der Waals surface area contributed by atoms with Gasteiger partial charge in [0, 0.05) is 24.2 Å². The smallest absolute Gasteiger partial charge is 0.411 e. The fraction of sp³-hybridized carbons (Fsp3) is 0.235. The third-order valence-electron chi connectivity index (χ3n) is 3.12. The lowest BCUT2D eigenvalue weighted by molar-refractivity contribution is -0.116. The largest absolute Gasteiger partial charge is 0.450 e. The van der Waals surface area contributed by atoms with Gasteiger partial charge in [-0.25, -0.2) is 4.79 Å². The Bertz CT molecular complexity index is 758. The third-order valence-corrected chi connectivity index (χ3v) is 4.39. The summed E-state index contributed by atoms with van der Waals surface area (Å²) < 4.78 is 5.32. The summed E-state index contributed by atoms with van der Waals surface area (Å²) in [5, 5.41) is 5.26.